The molecule has 0 saturated carbocycles. The SMILES string of the molecule is Clc1ccc(Oc2c(Cl)c(Cl)c3[nH]c(Cl)nc3c2Cl)cc1. The van der Waals surface area contributed by atoms with Crippen molar-refractivity contribution in [2.45, 2.75) is 0 Å². The fourth-order valence-corrected chi connectivity index (χ4v) is 2.86. The van der Waals surface area contributed by atoms with Crippen molar-refractivity contribution in [3.63, 3.8) is 0 Å². The molecule has 2 aromatic carbocycles. The molecule has 3 aromatic rings. The molecule has 1 N–H and O–H groups in total. The summed E-state index contributed by atoms with van der Waals surface area (Å²) < 4.78 is 5.69. The highest BCUT2D eigenvalue weighted by molar-refractivity contribution is 6.49. The molecular weight excluding hydrogens is 377 g/mol. The van der Waals surface area contributed by atoms with Crippen LogP contribution < -0.4 is 4.74 Å². The van der Waals surface area contributed by atoms with Gasteiger partial charge < -0.3 is 9.72 Å². The number of ether oxygens (including phenoxy) is 1. The summed E-state index contributed by atoms with van der Waals surface area (Å²) in [6, 6.07) is 6.74. The van der Waals surface area contributed by atoms with E-state index in [1.165, 1.54) is 0 Å². The van der Waals surface area contributed by atoms with Crippen molar-refractivity contribution in [1.29, 1.82) is 0 Å². The average molecular weight is 382 g/mol. The summed E-state index contributed by atoms with van der Waals surface area (Å²) in [5.74, 6) is 0.724. The average Bonchev–Trinajstić information content (AvgIpc) is 2.85. The number of H-pyrrole nitrogens is 1. The maximum atomic E-state index is 6.28. The van der Waals surface area contributed by atoms with Gasteiger partial charge >= 0.3 is 0 Å². The van der Waals surface area contributed by atoms with Crippen LogP contribution in [0.4, 0.5) is 0 Å². The molecule has 0 aliphatic rings. The lowest BCUT2D eigenvalue weighted by Crippen LogP contribution is -1.89. The number of imidazole rings is 1. The minimum atomic E-state index is 0.161. The van der Waals surface area contributed by atoms with E-state index in [1.54, 1.807) is 24.3 Å². The van der Waals surface area contributed by atoms with Crippen molar-refractivity contribution in [3.05, 3.63) is 49.6 Å². The number of halogens is 5. The Balaban J connectivity index is 2.15. The molecule has 3 nitrogen and oxygen atoms in total. The van der Waals surface area contributed by atoms with E-state index in [9.17, 15) is 0 Å². The fraction of sp³-hybridized carbons (Fsp3) is 0. The maximum Gasteiger partial charge on any atom is 0.201 e. The van der Waals surface area contributed by atoms with Gasteiger partial charge in [0.15, 0.2) is 5.75 Å². The smallest absolute Gasteiger partial charge is 0.201 e. The van der Waals surface area contributed by atoms with Crippen LogP contribution in [0.3, 0.4) is 0 Å². The number of benzene rings is 2. The van der Waals surface area contributed by atoms with Crippen LogP contribution in [0.5, 0.6) is 11.5 Å². The van der Waals surface area contributed by atoms with Gasteiger partial charge in [-0.05, 0) is 35.9 Å². The van der Waals surface area contributed by atoms with Crippen molar-refractivity contribution in [2.75, 3.05) is 0 Å². The third kappa shape index (κ3) is 2.77. The summed E-state index contributed by atoms with van der Waals surface area (Å²) in [5.41, 5.74) is 0.847. The van der Waals surface area contributed by atoms with Crippen LogP contribution in [-0.2, 0) is 0 Å². The second-order valence-electron chi connectivity index (χ2n) is 4.08. The van der Waals surface area contributed by atoms with Gasteiger partial charge in [-0.15, -0.1) is 0 Å². The predicted molar refractivity (Wildman–Crippen MR) is 87.7 cm³/mol. The summed E-state index contributed by atoms with van der Waals surface area (Å²) in [6.45, 7) is 0. The van der Waals surface area contributed by atoms with Gasteiger partial charge in [0.25, 0.3) is 0 Å². The van der Waals surface area contributed by atoms with Crippen molar-refractivity contribution in [1.82, 2.24) is 9.97 Å². The molecule has 0 amide bonds. The summed E-state index contributed by atoms with van der Waals surface area (Å²) in [5, 5.41) is 1.38. The zero-order valence-corrected chi connectivity index (χ0v) is 13.8. The summed E-state index contributed by atoms with van der Waals surface area (Å²) >= 11 is 30.3. The molecule has 0 fully saturated rings. The zero-order valence-electron chi connectivity index (χ0n) is 10.1. The van der Waals surface area contributed by atoms with Gasteiger partial charge in [-0.3, -0.25) is 0 Å². The number of hydrogen-bond donors (Lipinski definition) is 1. The first-order valence-electron chi connectivity index (χ1n) is 5.62. The van der Waals surface area contributed by atoms with E-state index in [2.05, 4.69) is 9.97 Å². The van der Waals surface area contributed by atoms with Gasteiger partial charge in [0.05, 0.1) is 10.5 Å². The Bertz CT molecular complexity index is 829. The second kappa shape index (κ2) is 5.75. The highest BCUT2D eigenvalue weighted by atomic mass is 35.5. The molecule has 8 heteroatoms. The Hall–Kier alpha value is -0.840. The molecule has 0 unspecified atom stereocenters. The van der Waals surface area contributed by atoms with Crippen LogP contribution in [0, 0.1) is 0 Å². The van der Waals surface area contributed by atoms with E-state index in [4.69, 9.17) is 62.7 Å². The number of aromatic nitrogens is 2. The normalized spacial score (nSPS) is 11.1. The predicted octanol–water partition coefficient (Wildman–Crippen LogP) is 6.62. The quantitative estimate of drug-likeness (QED) is 0.506. The molecule has 21 heavy (non-hydrogen) atoms. The van der Waals surface area contributed by atoms with Crippen LogP contribution in [0.15, 0.2) is 24.3 Å². The Morgan fingerprint density at radius 2 is 1.52 bits per heavy atom. The van der Waals surface area contributed by atoms with E-state index in [0.29, 0.717) is 21.8 Å². The van der Waals surface area contributed by atoms with Crippen molar-refractivity contribution in [2.24, 2.45) is 0 Å². The first-order chi connectivity index (χ1) is 9.97. The van der Waals surface area contributed by atoms with Crippen molar-refractivity contribution >= 4 is 69.0 Å². The highest BCUT2D eigenvalue weighted by Gasteiger charge is 2.21. The molecule has 108 valence electrons. The Morgan fingerprint density at radius 3 is 2.19 bits per heavy atom. The number of nitrogens with one attached hydrogen (secondary N) is 1. The number of aromatic amines is 1. The van der Waals surface area contributed by atoms with E-state index < -0.39 is 0 Å². The van der Waals surface area contributed by atoms with Gasteiger partial charge in [0.2, 0.25) is 5.28 Å². The van der Waals surface area contributed by atoms with Gasteiger partial charge in [-0.25, -0.2) is 4.98 Å². The topological polar surface area (TPSA) is 37.9 Å². The molecule has 0 spiro atoms. The van der Waals surface area contributed by atoms with E-state index in [1.807, 2.05) is 0 Å². The largest absolute Gasteiger partial charge is 0.454 e. The summed E-state index contributed by atoms with van der Waals surface area (Å²) in [7, 11) is 0. The lowest BCUT2D eigenvalue weighted by molar-refractivity contribution is 0.484. The molecule has 0 radical (unpaired) electrons. The molecule has 1 aromatic heterocycles. The standard InChI is InChI=1S/C13H5Cl5N2O/c14-5-1-3-6(4-2-5)21-12-8(16)7(15)10-11(9(12)17)20-13(18)19-10/h1-4H,(H,19,20). The van der Waals surface area contributed by atoms with E-state index >= 15 is 0 Å². The molecule has 0 aliphatic heterocycles. The summed E-state index contributed by atoms with van der Waals surface area (Å²) in [4.78, 5) is 6.85. The first-order valence-corrected chi connectivity index (χ1v) is 7.51. The minimum Gasteiger partial charge on any atom is -0.454 e. The molecule has 0 atom stereocenters. The number of rotatable bonds is 2. The van der Waals surface area contributed by atoms with Crippen LogP contribution in [0.1, 0.15) is 0 Å². The lowest BCUT2D eigenvalue weighted by atomic mass is 10.3. The van der Waals surface area contributed by atoms with Gasteiger partial charge in [-0.1, -0.05) is 46.4 Å². The van der Waals surface area contributed by atoms with Crippen LogP contribution in [0.2, 0.25) is 25.4 Å². The lowest BCUT2D eigenvalue weighted by Gasteiger charge is -2.11. The van der Waals surface area contributed by atoms with Crippen LogP contribution in [-0.4, -0.2) is 9.97 Å². The third-order valence-electron chi connectivity index (χ3n) is 2.73. The molecule has 0 saturated heterocycles. The zero-order chi connectivity index (χ0) is 15.1. The summed E-state index contributed by atoms with van der Waals surface area (Å²) in [6.07, 6.45) is 0. The number of fused-ring (bicyclic) bond motifs is 1. The second-order valence-corrected chi connectivity index (χ2v) is 6.01. The van der Waals surface area contributed by atoms with Crippen molar-refractivity contribution in [3.8, 4) is 11.5 Å². The van der Waals surface area contributed by atoms with E-state index in [-0.39, 0.29) is 26.1 Å². The molecular formula is C13H5Cl5N2O. The monoisotopic (exact) mass is 380 g/mol. The number of nitrogens with zero attached hydrogens (tertiary/aromatic N) is 1. The maximum absolute atomic E-state index is 6.28. The Morgan fingerprint density at radius 1 is 0.857 bits per heavy atom. The molecule has 3 rings (SSSR count). The highest BCUT2D eigenvalue weighted by Crippen LogP contribution is 2.46. The Kier molecular flexibility index (Phi) is 4.12. The Labute approximate surface area is 144 Å². The van der Waals surface area contributed by atoms with Gasteiger partial charge in [0.1, 0.15) is 21.3 Å². The van der Waals surface area contributed by atoms with Crippen LogP contribution in [0.25, 0.3) is 11.0 Å². The van der Waals surface area contributed by atoms with Gasteiger partial charge in [-0.2, -0.15) is 0 Å². The van der Waals surface area contributed by atoms with Crippen molar-refractivity contribution < 1.29 is 4.74 Å². The molecule has 0 aliphatic carbocycles. The molecule has 0 bridgehead atoms. The van der Waals surface area contributed by atoms with Crippen LogP contribution >= 0.6 is 58.0 Å². The first kappa shape index (κ1) is 15.1. The van der Waals surface area contributed by atoms with Gasteiger partial charge in [0, 0.05) is 5.02 Å². The van der Waals surface area contributed by atoms with E-state index in [0.717, 1.165) is 0 Å². The minimum absolute atomic E-state index is 0.161. The fourth-order valence-electron chi connectivity index (χ4n) is 1.79. The molecule has 1 heterocycles. The number of hydrogen-bond acceptors (Lipinski definition) is 2. The third-order valence-corrected chi connectivity index (χ3v) is 4.34.